The highest BCUT2D eigenvalue weighted by Crippen LogP contribution is 2.27. The van der Waals surface area contributed by atoms with Crippen molar-refractivity contribution in [1.29, 1.82) is 0 Å². The quantitative estimate of drug-likeness (QED) is 0.520. The van der Waals surface area contributed by atoms with Gasteiger partial charge in [-0.1, -0.05) is 49.2 Å². The van der Waals surface area contributed by atoms with Gasteiger partial charge in [-0.15, -0.1) is 0 Å². The molecule has 168 valence electrons. The molecule has 0 aliphatic rings. The molecule has 2 aromatic rings. The maximum Gasteiger partial charge on any atom is 0.261 e. The van der Waals surface area contributed by atoms with Crippen molar-refractivity contribution in [2.24, 2.45) is 0 Å². The summed E-state index contributed by atoms with van der Waals surface area (Å²) in [6.45, 7) is 4.41. The lowest BCUT2D eigenvalue weighted by Gasteiger charge is -2.30. The van der Waals surface area contributed by atoms with Crippen molar-refractivity contribution in [2.45, 2.75) is 39.3 Å². The lowest BCUT2D eigenvalue weighted by Crippen LogP contribution is -2.50. The molecule has 31 heavy (non-hydrogen) atoms. The lowest BCUT2D eigenvalue weighted by atomic mass is 10.1. The number of methoxy groups -OCH3 is 1. The van der Waals surface area contributed by atoms with E-state index in [1.165, 1.54) is 4.90 Å². The summed E-state index contributed by atoms with van der Waals surface area (Å²) in [5, 5.41) is 3.67. The molecule has 6 nitrogen and oxygen atoms in total. The van der Waals surface area contributed by atoms with Crippen LogP contribution in [0.3, 0.4) is 0 Å². The summed E-state index contributed by atoms with van der Waals surface area (Å²) in [5.41, 5.74) is 0.875. The zero-order valence-corrected chi connectivity index (χ0v) is 19.5. The normalized spacial score (nSPS) is 11.5. The van der Waals surface area contributed by atoms with Gasteiger partial charge in [0.05, 0.1) is 12.1 Å². The first-order chi connectivity index (χ1) is 14.9. The van der Waals surface area contributed by atoms with Gasteiger partial charge in [0.15, 0.2) is 6.61 Å². The van der Waals surface area contributed by atoms with E-state index in [1.54, 1.807) is 25.3 Å². The highest BCUT2D eigenvalue weighted by molar-refractivity contribution is 6.35. The molecule has 0 spiro atoms. The minimum atomic E-state index is -0.620. The Morgan fingerprint density at radius 3 is 2.39 bits per heavy atom. The molecule has 1 atom stereocenters. The summed E-state index contributed by atoms with van der Waals surface area (Å²) in [5.74, 6) is 0.568. The zero-order chi connectivity index (χ0) is 22.8. The summed E-state index contributed by atoms with van der Waals surface area (Å²) in [6, 6.07) is 11.5. The number of nitrogens with zero attached hydrogens (tertiary/aromatic N) is 1. The molecule has 8 heteroatoms. The number of rotatable bonds is 11. The summed E-state index contributed by atoms with van der Waals surface area (Å²) in [6.07, 6.45) is 1.28. The van der Waals surface area contributed by atoms with Crippen LogP contribution in [0.5, 0.6) is 11.5 Å². The number of amides is 2. The van der Waals surface area contributed by atoms with Crippen LogP contribution in [0.25, 0.3) is 0 Å². The summed E-state index contributed by atoms with van der Waals surface area (Å²) in [4.78, 5) is 27.4. The van der Waals surface area contributed by atoms with E-state index >= 15 is 0 Å². The number of carbonyl (C=O) groups is 2. The fraction of sp³-hybridized carbons (Fsp3) is 0.391. The Labute approximate surface area is 193 Å². The molecule has 0 unspecified atom stereocenters. The minimum absolute atomic E-state index is 0.185. The molecule has 0 heterocycles. The van der Waals surface area contributed by atoms with Gasteiger partial charge in [-0.2, -0.15) is 0 Å². The number of hydrogen-bond donors (Lipinski definition) is 1. The van der Waals surface area contributed by atoms with E-state index < -0.39 is 6.04 Å². The van der Waals surface area contributed by atoms with Gasteiger partial charge in [-0.25, -0.2) is 0 Å². The standard InChI is InChI=1S/C23H28Cl2N2O4/c1-4-12-26-23(29)20(5-2)27(14-16-6-9-18(30-3)10-7-16)22(28)15-31-21-11-8-17(24)13-19(21)25/h6-11,13,20H,4-5,12,14-15H2,1-3H3,(H,26,29)/t20-/m0/s1. The molecule has 0 aliphatic heterocycles. The summed E-state index contributed by atoms with van der Waals surface area (Å²) < 4.78 is 10.8. The first-order valence-electron chi connectivity index (χ1n) is 10.2. The predicted octanol–water partition coefficient (Wildman–Crippen LogP) is 4.71. The molecule has 0 bridgehead atoms. The molecule has 1 N–H and O–H groups in total. The number of ether oxygens (including phenoxy) is 2. The molecular weight excluding hydrogens is 439 g/mol. The van der Waals surface area contributed by atoms with Crippen LogP contribution in [0.1, 0.15) is 32.3 Å². The largest absolute Gasteiger partial charge is 0.497 e. The average Bonchev–Trinajstić information content (AvgIpc) is 2.77. The van der Waals surface area contributed by atoms with E-state index in [9.17, 15) is 9.59 Å². The van der Waals surface area contributed by atoms with Gasteiger partial charge >= 0.3 is 0 Å². The Morgan fingerprint density at radius 1 is 1.10 bits per heavy atom. The lowest BCUT2D eigenvalue weighted by molar-refractivity contribution is -0.143. The van der Waals surface area contributed by atoms with E-state index in [-0.39, 0.29) is 25.0 Å². The van der Waals surface area contributed by atoms with E-state index in [0.717, 1.165) is 17.7 Å². The number of halogens is 2. The number of nitrogens with one attached hydrogen (secondary N) is 1. The van der Waals surface area contributed by atoms with Crippen molar-refractivity contribution in [2.75, 3.05) is 20.3 Å². The van der Waals surface area contributed by atoms with Gasteiger partial charge in [0.25, 0.3) is 5.91 Å². The Morgan fingerprint density at radius 2 is 1.81 bits per heavy atom. The van der Waals surface area contributed by atoms with Crippen molar-refractivity contribution in [3.05, 3.63) is 58.1 Å². The number of hydrogen-bond acceptors (Lipinski definition) is 4. The topological polar surface area (TPSA) is 67.9 Å². The number of benzene rings is 2. The zero-order valence-electron chi connectivity index (χ0n) is 18.0. The van der Waals surface area contributed by atoms with Crippen molar-refractivity contribution >= 4 is 35.0 Å². The van der Waals surface area contributed by atoms with Crippen molar-refractivity contribution in [1.82, 2.24) is 10.2 Å². The molecule has 2 aromatic carbocycles. The molecule has 0 fully saturated rings. The SMILES string of the molecule is CCCNC(=O)[C@H](CC)N(Cc1ccc(OC)cc1)C(=O)COc1ccc(Cl)cc1Cl. The fourth-order valence-corrected chi connectivity index (χ4v) is 3.49. The van der Waals surface area contributed by atoms with Crippen LogP contribution in [0.15, 0.2) is 42.5 Å². The Balaban J connectivity index is 2.20. The van der Waals surface area contributed by atoms with Gasteiger partial charge in [-0.05, 0) is 48.7 Å². The Kier molecular flexibility index (Phi) is 9.95. The van der Waals surface area contributed by atoms with Crippen molar-refractivity contribution in [3.8, 4) is 11.5 Å². The van der Waals surface area contributed by atoms with Crippen LogP contribution < -0.4 is 14.8 Å². The molecule has 0 saturated carbocycles. The van der Waals surface area contributed by atoms with E-state index in [0.29, 0.717) is 28.8 Å². The summed E-state index contributed by atoms with van der Waals surface area (Å²) in [7, 11) is 1.59. The van der Waals surface area contributed by atoms with Crippen LogP contribution in [-0.2, 0) is 16.1 Å². The molecule has 0 aliphatic carbocycles. The molecule has 0 aromatic heterocycles. The van der Waals surface area contributed by atoms with Gasteiger partial charge < -0.3 is 19.7 Å². The second-order valence-electron chi connectivity index (χ2n) is 6.95. The Hall–Kier alpha value is -2.44. The molecule has 0 radical (unpaired) electrons. The molecular formula is C23H28Cl2N2O4. The second-order valence-corrected chi connectivity index (χ2v) is 7.79. The van der Waals surface area contributed by atoms with Crippen LogP contribution >= 0.6 is 23.2 Å². The maximum atomic E-state index is 13.1. The van der Waals surface area contributed by atoms with Gasteiger partial charge in [0.1, 0.15) is 17.5 Å². The first-order valence-corrected chi connectivity index (χ1v) is 10.9. The third-order valence-electron chi connectivity index (χ3n) is 4.69. The van der Waals surface area contributed by atoms with Crippen LogP contribution in [0.2, 0.25) is 10.0 Å². The van der Waals surface area contributed by atoms with Crippen molar-refractivity contribution < 1.29 is 19.1 Å². The van der Waals surface area contributed by atoms with Crippen LogP contribution in [-0.4, -0.2) is 43.0 Å². The highest BCUT2D eigenvalue weighted by Gasteiger charge is 2.29. The average molecular weight is 467 g/mol. The summed E-state index contributed by atoms with van der Waals surface area (Å²) >= 11 is 12.0. The monoisotopic (exact) mass is 466 g/mol. The van der Waals surface area contributed by atoms with E-state index in [1.807, 2.05) is 38.1 Å². The van der Waals surface area contributed by atoms with Crippen molar-refractivity contribution in [3.63, 3.8) is 0 Å². The number of carbonyl (C=O) groups excluding carboxylic acids is 2. The third-order valence-corrected chi connectivity index (χ3v) is 5.22. The molecule has 0 saturated heterocycles. The highest BCUT2D eigenvalue weighted by atomic mass is 35.5. The van der Waals surface area contributed by atoms with Crippen LogP contribution in [0.4, 0.5) is 0 Å². The minimum Gasteiger partial charge on any atom is -0.497 e. The van der Waals surface area contributed by atoms with Crippen LogP contribution in [0, 0.1) is 0 Å². The third kappa shape index (κ3) is 7.33. The fourth-order valence-electron chi connectivity index (χ4n) is 3.03. The molecule has 2 rings (SSSR count). The van der Waals surface area contributed by atoms with Gasteiger partial charge in [-0.3, -0.25) is 9.59 Å². The van der Waals surface area contributed by atoms with Gasteiger partial charge in [0.2, 0.25) is 5.91 Å². The van der Waals surface area contributed by atoms with E-state index in [4.69, 9.17) is 32.7 Å². The van der Waals surface area contributed by atoms with Gasteiger partial charge in [0, 0.05) is 18.1 Å². The first kappa shape index (κ1) is 24.8. The smallest absolute Gasteiger partial charge is 0.261 e. The Bertz CT molecular complexity index is 874. The maximum absolute atomic E-state index is 13.1. The van der Waals surface area contributed by atoms with E-state index in [2.05, 4.69) is 5.32 Å². The molecule has 2 amide bonds. The second kappa shape index (κ2) is 12.4. The predicted molar refractivity (Wildman–Crippen MR) is 123 cm³/mol.